The number of hydrogen-bond donors (Lipinski definition) is 0. The van der Waals surface area contributed by atoms with Crippen molar-refractivity contribution in [3.8, 4) is 0 Å². The van der Waals surface area contributed by atoms with Crippen LogP contribution in [-0.4, -0.2) is 25.2 Å². The number of esters is 2. The Morgan fingerprint density at radius 1 is 0.750 bits per heavy atom. The maximum atomic E-state index is 11.8. The molecule has 1 rings (SSSR count). The van der Waals surface area contributed by atoms with Crippen LogP contribution in [0.2, 0.25) is 0 Å². The van der Waals surface area contributed by atoms with Gasteiger partial charge in [-0.3, -0.25) is 0 Å². The molecular weight excluding hydrogens is 304 g/mol. The van der Waals surface area contributed by atoms with E-state index in [1.54, 1.807) is 13.8 Å². The normalized spacial score (nSPS) is 18.2. The fourth-order valence-electron chi connectivity index (χ4n) is 3.02. The van der Waals surface area contributed by atoms with E-state index in [1.165, 1.54) is 32.1 Å². The number of hydrogen-bond acceptors (Lipinski definition) is 4. The standard InChI is InChI=1S/C20H32O4/c1-16(2)18(21)23-14-20(15-24-19(22)17(3)4)12-10-8-6-5-7-9-11-13-20/h1,3,5-15H2,2,4H3. The number of carbonyl (C=O) groups excluding carboxylic acids is 2. The van der Waals surface area contributed by atoms with E-state index in [0.29, 0.717) is 11.1 Å². The summed E-state index contributed by atoms with van der Waals surface area (Å²) in [4.78, 5) is 23.6. The third kappa shape index (κ3) is 7.33. The second-order valence-electron chi connectivity index (χ2n) is 7.19. The molecule has 0 spiro atoms. The summed E-state index contributed by atoms with van der Waals surface area (Å²) in [6.45, 7) is 11.1. The van der Waals surface area contributed by atoms with Crippen molar-refractivity contribution in [3.63, 3.8) is 0 Å². The van der Waals surface area contributed by atoms with Gasteiger partial charge in [-0.2, -0.15) is 0 Å². The molecule has 0 aliphatic heterocycles. The zero-order valence-electron chi connectivity index (χ0n) is 15.3. The van der Waals surface area contributed by atoms with E-state index in [9.17, 15) is 9.59 Å². The van der Waals surface area contributed by atoms with Gasteiger partial charge in [0.15, 0.2) is 0 Å². The first-order valence-corrected chi connectivity index (χ1v) is 9.02. The van der Waals surface area contributed by atoms with E-state index in [4.69, 9.17) is 9.47 Å². The Bertz CT molecular complexity index is 422. The molecule has 1 fully saturated rings. The lowest BCUT2D eigenvalue weighted by atomic mass is 9.78. The third-order valence-electron chi connectivity index (χ3n) is 4.63. The van der Waals surface area contributed by atoms with Crippen LogP contribution < -0.4 is 0 Å². The topological polar surface area (TPSA) is 52.6 Å². The SMILES string of the molecule is C=C(C)C(=O)OCC1(COC(=O)C(=C)C)CCCCCCCCC1. The Kier molecular flexibility index (Phi) is 8.80. The van der Waals surface area contributed by atoms with Crippen molar-refractivity contribution < 1.29 is 19.1 Å². The molecule has 0 aromatic heterocycles. The van der Waals surface area contributed by atoms with Gasteiger partial charge in [0.2, 0.25) is 0 Å². The van der Waals surface area contributed by atoms with Gasteiger partial charge in [0, 0.05) is 16.6 Å². The van der Waals surface area contributed by atoms with Crippen molar-refractivity contribution in [2.75, 3.05) is 13.2 Å². The average Bonchev–Trinajstić information content (AvgIpc) is 2.55. The van der Waals surface area contributed by atoms with Gasteiger partial charge in [0.05, 0.1) is 0 Å². The van der Waals surface area contributed by atoms with Gasteiger partial charge in [-0.1, -0.05) is 58.1 Å². The molecular formula is C20H32O4. The minimum absolute atomic E-state index is 0.280. The summed E-state index contributed by atoms with van der Waals surface area (Å²) in [5, 5.41) is 0. The van der Waals surface area contributed by atoms with Crippen molar-refractivity contribution >= 4 is 11.9 Å². The molecule has 4 nitrogen and oxygen atoms in total. The third-order valence-corrected chi connectivity index (χ3v) is 4.63. The lowest BCUT2D eigenvalue weighted by molar-refractivity contribution is -0.150. The highest BCUT2D eigenvalue weighted by Gasteiger charge is 2.33. The molecule has 0 N–H and O–H groups in total. The maximum absolute atomic E-state index is 11.8. The van der Waals surface area contributed by atoms with Crippen LogP contribution in [0.25, 0.3) is 0 Å². The molecule has 0 bridgehead atoms. The van der Waals surface area contributed by atoms with Gasteiger partial charge in [0.1, 0.15) is 13.2 Å². The molecule has 4 heteroatoms. The fraction of sp³-hybridized carbons (Fsp3) is 0.700. The smallest absolute Gasteiger partial charge is 0.333 e. The van der Waals surface area contributed by atoms with Crippen molar-refractivity contribution in [2.45, 2.75) is 71.6 Å². The summed E-state index contributed by atoms with van der Waals surface area (Å²) in [6, 6.07) is 0. The summed E-state index contributed by atoms with van der Waals surface area (Å²) in [5.41, 5.74) is 0.487. The number of rotatable bonds is 6. The molecule has 136 valence electrons. The minimum atomic E-state index is -0.377. The molecule has 1 saturated carbocycles. The van der Waals surface area contributed by atoms with Crippen LogP contribution in [0.15, 0.2) is 24.3 Å². The highest BCUT2D eigenvalue weighted by atomic mass is 16.5. The molecule has 0 radical (unpaired) electrons. The average molecular weight is 336 g/mol. The van der Waals surface area contributed by atoms with Crippen LogP contribution in [0.4, 0.5) is 0 Å². The Labute approximate surface area is 146 Å². The molecule has 0 heterocycles. The zero-order valence-corrected chi connectivity index (χ0v) is 15.3. The second kappa shape index (κ2) is 10.3. The molecule has 1 aliphatic rings. The summed E-state index contributed by atoms with van der Waals surface area (Å²) in [6.07, 6.45) is 10.1. The summed E-state index contributed by atoms with van der Waals surface area (Å²) < 4.78 is 10.9. The van der Waals surface area contributed by atoms with Crippen molar-refractivity contribution in [2.24, 2.45) is 5.41 Å². The molecule has 24 heavy (non-hydrogen) atoms. The molecule has 0 aromatic rings. The Balaban J connectivity index is 2.79. The first kappa shape index (κ1) is 20.5. The van der Waals surface area contributed by atoms with Gasteiger partial charge in [0.25, 0.3) is 0 Å². The maximum Gasteiger partial charge on any atom is 0.333 e. The van der Waals surface area contributed by atoms with E-state index in [0.717, 1.165) is 25.7 Å². The van der Waals surface area contributed by atoms with E-state index >= 15 is 0 Å². The van der Waals surface area contributed by atoms with Crippen LogP contribution in [0.3, 0.4) is 0 Å². The fourth-order valence-corrected chi connectivity index (χ4v) is 3.02. The van der Waals surface area contributed by atoms with Crippen LogP contribution >= 0.6 is 0 Å². The molecule has 0 unspecified atom stereocenters. The first-order valence-electron chi connectivity index (χ1n) is 9.02. The number of ether oxygens (including phenoxy) is 2. The van der Waals surface area contributed by atoms with Crippen molar-refractivity contribution in [3.05, 3.63) is 24.3 Å². The van der Waals surface area contributed by atoms with Crippen LogP contribution in [-0.2, 0) is 19.1 Å². The van der Waals surface area contributed by atoms with Crippen LogP contribution in [0.1, 0.15) is 71.6 Å². The molecule has 1 aliphatic carbocycles. The Hall–Kier alpha value is -1.58. The summed E-state index contributed by atoms with van der Waals surface area (Å²) in [7, 11) is 0. The predicted octanol–water partition coefficient (Wildman–Crippen LogP) is 4.74. The van der Waals surface area contributed by atoms with Crippen molar-refractivity contribution in [1.82, 2.24) is 0 Å². The highest BCUT2D eigenvalue weighted by Crippen LogP contribution is 2.34. The number of carbonyl (C=O) groups is 2. The predicted molar refractivity (Wildman–Crippen MR) is 95.5 cm³/mol. The lowest BCUT2D eigenvalue weighted by Gasteiger charge is -2.33. The zero-order chi connectivity index (χ0) is 18.0. The monoisotopic (exact) mass is 336 g/mol. The Morgan fingerprint density at radius 2 is 1.08 bits per heavy atom. The first-order chi connectivity index (χ1) is 11.4. The lowest BCUT2D eigenvalue weighted by Crippen LogP contribution is -2.35. The second-order valence-corrected chi connectivity index (χ2v) is 7.19. The Morgan fingerprint density at radius 3 is 1.42 bits per heavy atom. The van der Waals surface area contributed by atoms with E-state index < -0.39 is 0 Å². The molecule has 0 saturated heterocycles. The van der Waals surface area contributed by atoms with Crippen LogP contribution in [0.5, 0.6) is 0 Å². The van der Waals surface area contributed by atoms with Crippen LogP contribution in [0, 0.1) is 5.41 Å². The van der Waals surface area contributed by atoms with E-state index in [-0.39, 0.29) is 30.6 Å². The quantitative estimate of drug-likeness (QED) is 0.519. The molecule has 0 aromatic carbocycles. The molecule has 0 atom stereocenters. The minimum Gasteiger partial charge on any atom is -0.462 e. The van der Waals surface area contributed by atoms with Gasteiger partial charge >= 0.3 is 11.9 Å². The summed E-state index contributed by atoms with van der Waals surface area (Å²) >= 11 is 0. The van der Waals surface area contributed by atoms with E-state index in [1.807, 2.05) is 0 Å². The largest absolute Gasteiger partial charge is 0.462 e. The van der Waals surface area contributed by atoms with Gasteiger partial charge in [-0.05, 0) is 26.7 Å². The van der Waals surface area contributed by atoms with E-state index in [2.05, 4.69) is 13.2 Å². The molecule has 0 amide bonds. The van der Waals surface area contributed by atoms with Gasteiger partial charge in [-0.15, -0.1) is 0 Å². The van der Waals surface area contributed by atoms with Gasteiger partial charge < -0.3 is 9.47 Å². The van der Waals surface area contributed by atoms with Gasteiger partial charge in [-0.25, -0.2) is 9.59 Å². The summed E-state index contributed by atoms with van der Waals surface area (Å²) in [5.74, 6) is -0.754. The van der Waals surface area contributed by atoms with Crippen molar-refractivity contribution in [1.29, 1.82) is 0 Å². The highest BCUT2D eigenvalue weighted by molar-refractivity contribution is 5.87.